The monoisotopic (exact) mass is 161 g/mol. The second kappa shape index (κ2) is 11.7. The summed E-state index contributed by atoms with van der Waals surface area (Å²) in [5, 5.41) is 0. The molecule has 53 valence electrons. The summed E-state index contributed by atoms with van der Waals surface area (Å²) in [5.41, 5.74) is 0. The molecule has 0 bridgehead atoms. The zero-order chi connectivity index (χ0) is 5.70. The van der Waals surface area contributed by atoms with Crippen molar-refractivity contribution in [1.29, 1.82) is 0 Å². The number of rotatable bonds is 3. The van der Waals surface area contributed by atoms with Gasteiger partial charge in [0.2, 0.25) is 0 Å². The normalized spacial score (nSPS) is 11.8. The van der Waals surface area contributed by atoms with Crippen molar-refractivity contribution in [2.75, 3.05) is 12.6 Å². The highest BCUT2D eigenvalue weighted by molar-refractivity contribution is 7.91. The first kappa shape index (κ1) is 16.5. The average Bonchev–Trinajstić information content (AvgIpc) is 1.61. The summed E-state index contributed by atoms with van der Waals surface area (Å²) in [6.45, 7) is 6.37. The van der Waals surface area contributed by atoms with Crippen LogP contribution in [0.15, 0.2) is 0 Å². The van der Waals surface area contributed by atoms with Gasteiger partial charge in [0.15, 0.2) is 0 Å². The SMILES string of the molecule is C.C.[B]P(C)CP[B]C. The standard InChI is InChI=1S/C3H9B2P2.2CH4/c1-5-6-3-7(2)4;;/h6H,3H2,1-2H3;2*1H4. The lowest BCUT2D eigenvalue weighted by Gasteiger charge is -2.00. The van der Waals surface area contributed by atoms with E-state index in [1.165, 1.54) is 5.90 Å². The highest BCUT2D eigenvalue weighted by Crippen LogP contribution is 2.31. The van der Waals surface area contributed by atoms with Crippen LogP contribution in [0.25, 0.3) is 0 Å². The van der Waals surface area contributed by atoms with Gasteiger partial charge in [-0.05, 0) is 5.90 Å². The smallest absolute Gasteiger partial charge is 0.139 e. The van der Waals surface area contributed by atoms with E-state index in [-0.39, 0.29) is 22.7 Å². The second-order valence-electron chi connectivity index (χ2n) is 1.41. The fraction of sp³-hybridized carbons (Fsp3) is 1.00. The summed E-state index contributed by atoms with van der Waals surface area (Å²) in [6, 6.07) is 0. The molecule has 0 fully saturated rings. The molecule has 0 spiro atoms. The van der Waals surface area contributed by atoms with Gasteiger partial charge in [0.25, 0.3) is 0 Å². The van der Waals surface area contributed by atoms with Crippen molar-refractivity contribution in [3.8, 4) is 0 Å². The quantitative estimate of drug-likeness (QED) is 0.440. The molecule has 0 nitrogen and oxygen atoms in total. The predicted octanol–water partition coefficient (Wildman–Crippen LogP) is 2.76. The second-order valence-corrected chi connectivity index (χ2v) is 5.17. The summed E-state index contributed by atoms with van der Waals surface area (Å²) < 4.78 is 0. The first-order valence-electron chi connectivity index (χ1n) is 2.24. The van der Waals surface area contributed by atoms with Gasteiger partial charge in [-0.15, -0.1) is 0 Å². The average molecular weight is 161 g/mol. The zero-order valence-electron chi connectivity index (χ0n) is 4.81. The predicted molar refractivity (Wildman–Crippen MR) is 56.9 cm³/mol. The lowest BCUT2D eigenvalue weighted by atomic mass is 10.2. The molecule has 2 unspecified atom stereocenters. The molecule has 0 saturated carbocycles. The van der Waals surface area contributed by atoms with E-state index in [4.69, 9.17) is 7.57 Å². The van der Waals surface area contributed by atoms with Gasteiger partial charge in [0.05, 0.1) is 0 Å². The van der Waals surface area contributed by atoms with E-state index in [2.05, 4.69) is 20.5 Å². The molecule has 0 aromatic heterocycles. The Bertz CT molecular complexity index is 41.9. The van der Waals surface area contributed by atoms with E-state index in [0.717, 1.165) is 8.46 Å². The summed E-state index contributed by atoms with van der Waals surface area (Å²) in [5.74, 6) is 1.21. The van der Waals surface area contributed by atoms with E-state index < -0.39 is 0 Å². The first-order chi connectivity index (χ1) is 3.27. The molecule has 2 atom stereocenters. The summed E-state index contributed by atoms with van der Waals surface area (Å²) >= 11 is 0. The van der Waals surface area contributed by atoms with Crippen LogP contribution in [0.2, 0.25) is 6.82 Å². The Labute approximate surface area is 65.7 Å². The number of hydrogen-bond donors (Lipinski definition) is 0. The largest absolute Gasteiger partial charge is 0.160 e. The Morgan fingerprint density at radius 2 is 2.00 bits per heavy atom. The van der Waals surface area contributed by atoms with Crippen LogP contribution in [0.3, 0.4) is 0 Å². The zero-order valence-corrected chi connectivity index (χ0v) is 6.70. The molecule has 0 aliphatic carbocycles. The topological polar surface area (TPSA) is 0 Å². The minimum absolute atomic E-state index is 0. The van der Waals surface area contributed by atoms with Crippen molar-refractivity contribution in [3.63, 3.8) is 0 Å². The molecular weight excluding hydrogens is 144 g/mol. The van der Waals surface area contributed by atoms with Gasteiger partial charge in [-0.2, -0.15) is 16.3 Å². The van der Waals surface area contributed by atoms with Crippen molar-refractivity contribution in [2.45, 2.75) is 21.7 Å². The number of hydrogen-bond acceptors (Lipinski definition) is 0. The maximum Gasteiger partial charge on any atom is 0.139 e. The Balaban J connectivity index is -0.000000180. The van der Waals surface area contributed by atoms with Crippen LogP contribution in [-0.4, -0.2) is 27.1 Å². The van der Waals surface area contributed by atoms with Gasteiger partial charge < -0.3 is 0 Å². The fourth-order valence-electron chi connectivity index (χ4n) is 0.235. The van der Waals surface area contributed by atoms with Gasteiger partial charge in [0.1, 0.15) is 14.6 Å². The summed E-state index contributed by atoms with van der Waals surface area (Å²) in [4.78, 5) is 0. The third kappa shape index (κ3) is 17.6. The van der Waals surface area contributed by atoms with E-state index in [0.29, 0.717) is 0 Å². The highest BCUT2D eigenvalue weighted by Gasteiger charge is 1.87. The van der Waals surface area contributed by atoms with Crippen molar-refractivity contribution in [3.05, 3.63) is 0 Å². The van der Waals surface area contributed by atoms with Gasteiger partial charge in [-0.25, -0.2) is 0 Å². The minimum atomic E-state index is -0.125. The molecular formula is C5H17B2P2. The molecule has 9 heavy (non-hydrogen) atoms. The van der Waals surface area contributed by atoms with Crippen LogP contribution in [0.4, 0.5) is 0 Å². The molecule has 4 heteroatoms. The highest BCUT2D eigenvalue weighted by atomic mass is 31.2. The molecule has 0 aromatic carbocycles. The van der Waals surface area contributed by atoms with Crippen molar-refractivity contribution >= 4 is 30.8 Å². The molecule has 0 heterocycles. The molecule has 0 aliphatic heterocycles. The van der Waals surface area contributed by atoms with Gasteiger partial charge >= 0.3 is 0 Å². The molecule has 0 aliphatic rings. The Hall–Kier alpha value is 0.990. The van der Waals surface area contributed by atoms with E-state index in [1.54, 1.807) is 0 Å². The van der Waals surface area contributed by atoms with E-state index in [1.807, 2.05) is 0 Å². The van der Waals surface area contributed by atoms with Crippen LogP contribution in [0.1, 0.15) is 14.9 Å². The summed E-state index contributed by atoms with van der Waals surface area (Å²) in [6.07, 6.45) is 0. The summed E-state index contributed by atoms with van der Waals surface area (Å²) in [7, 11) is 6.38. The minimum Gasteiger partial charge on any atom is -0.160 e. The lowest BCUT2D eigenvalue weighted by molar-refractivity contribution is 2.16. The van der Waals surface area contributed by atoms with Crippen LogP contribution < -0.4 is 0 Å². The molecule has 0 amide bonds. The van der Waals surface area contributed by atoms with Crippen LogP contribution in [0, 0.1) is 0 Å². The Kier molecular flexibility index (Phi) is 21.6. The van der Waals surface area contributed by atoms with Crippen molar-refractivity contribution in [2.24, 2.45) is 0 Å². The fourth-order valence-corrected chi connectivity index (χ4v) is 2.12. The van der Waals surface area contributed by atoms with Crippen molar-refractivity contribution in [1.82, 2.24) is 0 Å². The Morgan fingerprint density at radius 1 is 1.56 bits per heavy atom. The van der Waals surface area contributed by atoms with E-state index >= 15 is 0 Å². The van der Waals surface area contributed by atoms with Gasteiger partial charge in [-0.1, -0.05) is 28.3 Å². The van der Waals surface area contributed by atoms with Crippen molar-refractivity contribution < 1.29 is 0 Å². The third-order valence-electron chi connectivity index (χ3n) is 0.545. The molecule has 3 radical (unpaired) electrons. The molecule has 0 N–H and O–H groups in total. The van der Waals surface area contributed by atoms with E-state index in [9.17, 15) is 0 Å². The lowest BCUT2D eigenvalue weighted by Crippen LogP contribution is -1.74. The maximum absolute atomic E-state index is 5.53. The molecule has 0 aromatic rings. The Morgan fingerprint density at radius 3 is 2.11 bits per heavy atom. The third-order valence-corrected chi connectivity index (χ3v) is 3.68. The van der Waals surface area contributed by atoms with Gasteiger partial charge in [0, 0.05) is 0 Å². The van der Waals surface area contributed by atoms with Gasteiger partial charge in [-0.3, -0.25) is 0 Å². The first-order valence-corrected chi connectivity index (χ1v) is 5.57. The van der Waals surface area contributed by atoms with Crippen LogP contribution in [0.5, 0.6) is 0 Å². The van der Waals surface area contributed by atoms with Crippen LogP contribution in [-0.2, 0) is 0 Å². The van der Waals surface area contributed by atoms with Crippen LogP contribution >= 0.6 is 16.3 Å². The maximum atomic E-state index is 5.53. The molecule has 0 rings (SSSR count). The molecule has 0 saturated heterocycles.